The van der Waals surface area contributed by atoms with Crippen molar-refractivity contribution in [2.24, 2.45) is 0 Å². The number of benzene rings is 2. The number of H-pyrrole nitrogens is 1. The van der Waals surface area contributed by atoms with Gasteiger partial charge in [0.25, 0.3) is 0 Å². The Hall–Kier alpha value is -2.02. The number of fused-ring (bicyclic) bond motifs is 1. The number of hydrogen-bond acceptors (Lipinski definition) is 0. The zero-order valence-corrected chi connectivity index (χ0v) is 10.8. The number of aromatic amines is 1. The lowest BCUT2D eigenvalue weighted by Gasteiger charge is -2.05. The molecule has 0 amide bonds. The summed E-state index contributed by atoms with van der Waals surface area (Å²) in [5.74, 6) is 0.585. The fourth-order valence-corrected chi connectivity index (χ4v) is 2.28. The molecule has 18 heavy (non-hydrogen) atoms. The van der Waals surface area contributed by atoms with Gasteiger partial charge in [0, 0.05) is 16.6 Å². The van der Waals surface area contributed by atoms with Crippen LogP contribution in [0.1, 0.15) is 25.3 Å². The van der Waals surface area contributed by atoms with E-state index in [1.807, 2.05) is 0 Å². The van der Waals surface area contributed by atoms with Crippen LogP contribution in [0.5, 0.6) is 0 Å². The maximum atomic E-state index is 3.46. The summed E-state index contributed by atoms with van der Waals surface area (Å²) in [6.45, 7) is 4.44. The first kappa shape index (κ1) is 11.1. The molecule has 0 bridgehead atoms. The lowest BCUT2D eigenvalue weighted by molar-refractivity contribution is 0.867. The molecule has 0 atom stereocenters. The van der Waals surface area contributed by atoms with Gasteiger partial charge in [0.1, 0.15) is 0 Å². The molecule has 3 rings (SSSR count). The predicted octanol–water partition coefficient (Wildman–Crippen LogP) is 4.96. The Labute approximate surface area is 107 Å². The highest BCUT2D eigenvalue weighted by Crippen LogP contribution is 2.25. The molecule has 0 aliphatic carbocycles. The van der Waals surface area contributed by atoms with Crippen molar-refractivity contribution in [3.05, 3.63) is 60.2 Å². The van der Waals surface area contributed by atoms with Gasteiger partial charge in [-0.1, -0.05) is 56.3 Å². The summed E-state index contributed by atoms with van der Waals surface area (Å²) in [6, 6.07) is 19.4. The summed E-state index contributed by atoms with van der Waals surface area (Å²) in [5, 5.41) is 1.26. The van der Waals surface area contributed by atoms with Gasteiger partial charge in [-0.2, -0.15) is 0 Å². The second kappa shape index (κ2) is 4.34. The van der Waals surface area contributed by atoms with E-state index in [1.54, 1.807) is 0 Å². The van der Waals surface area contributed by atoms with Crippen LogP contribution < -0.4 is 0 Å². The molecule has 0 fully saturated rings. The Morgan fingerprint density at radius 2 is 1.61 bits per heavy atom. The summed E-state index contributed by atoms with van der Waals surface area (Å²) in [5.41, 5.74) is 5.01. The smallest absolute Gasteiger partial charge is 0.0464 e. The molecule has 1 heteroatoms. The van der Waals surface area contributed by atoms with Gasteiger partial charge in [-0.25, -0.2) is 0 Å². The third-order valence-electron chi connectivity index (χ3n) is 3.42. The van der Waals surface area contributed by atoms with Crippen LogP contribution in [0.4, 0.5) is 0 Å². The van der Waals surface area contributed by atoms with Crippen molar-refractivity contribution >= 4 is 10.9 Å². The van der Waals surface area contributed by atoms with Crippen molar-refractivity contribution < 1.29 is 0 Å². The first-order valence-corrected chi connectivity index (χ1v) is 6.42. The maximum absolute atomic E-state index is 3.46. The minimum atomic E-state index is 0.585. The maximum Gasteiger partial charge on any atom is 0.0464 e. The van der Waals surface area contributed by atoms with Gasteiger partial charge < -0.3 is 4.98 Å². The molecule has 0 saturated heterocycles. The molecular formula is C17H17N. The van der Waals surface area contributed by atoms with Gasteiger partial charge in [0.05, 0.1) is 0 Å². The molecule has 2 aromatic carbocycles. The van der Waals surface area contributed by atoms with Gasteiger partial charge in [-0.3, -0.25) is 0 Å². The van der Waals surface area contributed by atoms with E-state index in [9.17, 15) is 0 Å². The first-order chi connectivity index (χ1) is 8.74. The highest BCUT2D eigenvalue weighted by molar-refractivity contribution is 5.85. The molecule has 1 aromatic heterocycles. The molecule has 90 valence electrons. The van der Waals surface area contributed by atoms with E-state index < -0.39 is 0 Å². The Bertz CT molecular complexity index is 626. The minimum Gasteiger partial charge on any atom is -0.355 e. The fraction of sp³-hybridized carbons (Fsp3) is 0.176. The summed E-state index contributed by atoms with van der Waals surface area (Å²) >= 11 is 0. The molecule has 0 unspecified atom stereocenters. The molecule has 0 aliphatic rings. The van der Waals surface area contributed by atoms with Crippen molar-refractivity contribution in [1.29, 1.82) is 0 Å². The van der Waals surface area contributed by atoms with Gasteiger partial charge in [0.15, 0.2) is 0 Å². The van der Waals surface area contributed by atoms with Crippen LogP contribution in [0, 0.1) is 0 Å². The number of rotatable bonds is 2. The van der Waals surface area contributed by atoms with Crippen LogP contribution in [0.25, 0.3) is 22.2 Å². The number of para-hydroxylation sites is 1. The summed E-state index contributed by atoms with van der Waals surface area (Å²) < 4.78 is 0. The molecule has 1 heterocycles. The highest BCUT2D eigenvalue weighted by Gasteiger charge is 2.04. The third-order valence-corrected chi connectivity index (χ3v) is 3.42. The minimum absolute atomic E-state index is 0.585. The molecule has 3 aromatic rings. The van der Waals surface area contributed by atoms with E-state index in [0.717, 1.165) is 0 Å². The average Bonchev–Trinajstić information content (AvgIpc) is 2.82. The monoisotopic (exact) mass is 235 g/mol. The summed E-state index contributed by atoms with van der Waals surface area (Å²) in [7, 11) is 0. The Morgan fingerprint density at radius 3 is 2.28 bits per heavy atom. The predicted molar refractivity (Wildman–Crippen MR) is 77.8 cm³/mol. The van der Waals surface area contributed by atoms with E-state index >= 15 is 0 Å². The van der Waals surface area contributed by atoms with Crippen molar-refractivity contribution in [2.45, 2.75) is 19.8 Å². The highest BCUT2D eigenvalue weighted by atomic mass is 14.7. The molecule has 0 saturated carbocycles. The standard InChI is InChI=1S/C17H17N/c1-12(2)13-7-9-14(10-8-13)17-11-15-5-3-4-6-16(15)18-17/h3-12,18H,1-2H3. The first-order valence-electron chi connectivity index (χ1n) is 6.42. The van der Waals surface area contributed by atoms with Crippen LogP contribution in [-0.2, 0) is 0 Å². The van der Waals surface area contributed by atoms with Gasteiger partial charge >= 0.3 is 0 Å². The van der Waals surface area contributed by atoms with E-state index in [4.69, 9.17) is 0 Å². The molecule has 0 radical (unpaired) electrons. The Morgan fingerprint density at radius 1 is 0.889 bits per heavy atom. The fourth-order valence-electron chi connectivity index (χ4n) is 2.28. The van der Waals surface area contributed by atoms with Crippen LogP contribution in [-0.4, -0.2) is 4.98 Å². The Kier molecular flexibility index (Phi) is 2.67. The van der Waals surface area contributed by atoms with Crippen molar-refractivity contribution in [2.75, 3.05) is 0 Å². The summed E-state index contributed by atoms with van der Waals surface area (Å²) in [4.78, 5) is 3.46. The zero-order valence-electron chi connectivity index (χ0n) is 10.8. The van der Waals surface area contributed by atoms with Crippen LogP contribution in [0.15, 0.2) is 54.6 Å². The average molecular weight is 235 g/mol. The molecule has 0 aliphatic heterocycles. The topological polar surface area (TPSA) is 15.8 Å². The number of aromatic nitrogens is 1. The van der Waals surface area contributed by atoms with E-state index in [2.05, 4.69) is 73.4 Å². The van der Waals surface area contributed by atoms with Gasteiger partial charge in [0.2, 0.25) is 0 Å². The quantitative estimate of drug-likeness (QED) is 0.646. The number of hydrogen-bond donors (Lipinski definition) is 1. The van der Waals surface area contributed by atoms with Crippen LogP contribution in [0.2, 0.25) is 0 Å². The molecule has 0 spiro atoms. The number of nitrogens with one attached hydrogen (secondary N) is 1. The van der Waals surface area contributed by atoms with Gasteiger partial charge in [-0.05, 0) is 29.2 Å². The largest absolute Gasteiger partial charge is 0.355 e. The normalized spacial score (nSPS) is 11.3. The van der Waals surface area contributed by atoms with Crippen LogP contribution >= 0.6 is 0 Å². The zero-order chi connectivity index (χ0) is 12.5. The molecular weight excluding hydrogens is 218 g/mol. The van der Waals surface area contributed by atoms with Crippen LogP contribution in [0.3, 0.4) is 0 Å². The van der Waals surface area contributed by atoms with Crippen molar-refractivity contribution in [3.63, 3.8) is 0 Å². The van der Waals surface area contributed by atoms with E-state index in [-0.39, 0.29) is 0 Å². The van der Waals surface area contributed by atoms with Crippen molar-refractivity contribution in [3.8, 4) is 11.3 Å². The second-order valence-electron chi connectivity index (χ2n) is 5.05. The van der Waals surface area contributed by atoms with Crippen molar-refractivity contribution in [1.82, 2.24) is 4.98 Å². The molecule has 1 N–H and O–H groups in total. The lowest BCUT2D eigenvalue weighted by atomic mass is 10.0. The van der Waals surface area contributed by atoms with Gasteiger partial charge in [-0.15, -0.1) is 0 Å². The SMILES string of the molecule is CC(C)c1ccc(-c2cc3ccccc3[nH]2)cc1. The Balaban J connectivity index is 2.03. The lowest BCUT2D eigenvalue weighted by Crippen LogP contribution is -1.86. The summed E-state index contributed by atoms with van der Waals surface area (Å²) in [6.07, 6.45) is 0. The second-order valence-corrected chi connectivity index (χ2v) is 5.05. The third kappa shape index (κ3) is 1.92. The van der Waals surface area contributed by atoms with E-state index in [1.165, 1.54) is 27.7 Å². The van der Waals surface area contributed by atoms with E-state index in [0.29, 0.717) is 5.92 Å². The molecule has 1 nitrogen and oxygen atoms in total.